The Morgan fingerprint density at radius 1 is 1.17 bits per heavy atom. The molecule has 0 radical (unpaired) electrons. The molecule has 2 rings (SSSR count). The van der Waals surface area contributed by atoms with Crippen LogP contribution in [0.2, 0.25) is 0 Å². The average Bonchev–Trinajstić information content (AvgIpc) is 2.44. The number of aryl methyl sites for hydroxylation is 2. The lowest BCUT2D eigenvalue weighted by Crippen LogP contribution is -2.33. The maximum Gasteiger partial charge on any atom is 0.251 e. The summed E-state index contributed by atoms with van der Waals surface area (Å²) in [6, 6.07) is 6.50. The highest BCUT2D eigenvalue weighted by molar-refractivity contribution is 5.94. The van der Waals surface area contributed by atoms with Crippen LogP contribution < -0.4 is 5.32 Å². The first kappa shape index (κ1) is 13.1. The first-order chi connectivity index (χ1) is 8.74. The Labute approximate surface area is 110 Å². The van der Waals surface area contributed by atoms with Gasteiger partial charge in [-0.25, -0.2) is 0 Å². The molecular weight excluding hydrogens is 222 g/mol. The summed E-state index contributed by atoms with van der Waals surface area (Å²) < 4.78 is 0. The molecule has 0 spiro atoms. The monoisotopic (exact) mass is 245 g/mol. The van der Waals surface area contributed by atoms with Gasteiger partial charge in [-0.15, -0.1) is 0 Å². The summed E-state index contributed by atoms with van der Waals surface area (Å²) in [7, 11) is 0. The van der Waals surface area contributed by atoms with E-state index in [2.05, 4.69) is 31.3 Å². The van der Waals surface area contributed by atoms with E-state index in [1.54, 1.807) is 0 Å². The van der Waals surface area contributed by atoms with Gasteiger partial charge in [0, 0.05) is 11.6 Å². The minimum Gasteiger partial charge on any atom is -0.349 e. The van der Waals surface area contributed by atoms with E-state index in [0.29, 0.717) is 6.04 Å². The Morgan fingerprint density at radius 2 is 1.83 bits per heavy atom. The third-order valence-corrected chi connectivity index (χ3v) is 3.93. The molecular formula is C16H23NO. The van der Waals surface area contributed by atoms with Crippen LogP contribution in [0.4, 0.5) is 0 Å². The summed E-state index contributed by atoms with van der Waals surface area (Å²) in [5, 5.41) is 3.10. The van der Waals surface area contributed by atoms with Crippen LogP contribution >= 0.6 is 0 Å². The number of carbonyl (C=O) groups excluding carboxylic acids is 1. The number of benzene rings is 1. The van der Waals surface area contributed by atoms with Crippen molar-refractivity contribution < 1.29 is 4.79 Å². The lowest BCUT2D eigenvalue weighted by atomic mass is 9.90. The van der Waals surface area contributed by atoms with Gasteiger partial charge in [0.2, 0.25) is 0 Å². The fraction of sp³-hybridized carbons (Fsp3) is 0.562. The van der Waals surface area contributed by atoms with E-state index in [4.69, 9.17) is 0 Å². The van der Waals surface area contributed by atoms with Crippen molar-refractivity contribution in [3.8, 4) is 0 Å². The predicted molar refractivity (Wildman–Crippen MR) is 74.9 cm³/mol. The Balaban J connectivity index is 2.11. The molecule has 1 aromatic rings. The third-order valence-electron chi connectivity index (χ3n) is 3.93. The topological polar surface area (TPSA) is 29.1 Å². The van der Waals surface area contributed by atoms with Gasteiger partial charge in [0.15, 0.2) is 0 Å². The molecule has 98 valence electrons. The summed E-state index contributed by atoms with van der Waals surface area (Å²) in [6.07, 6.45) is 6.82. The van der Waals surface area contributed by atoms with Crippen LogP contribution in [-0.2, 0) is 12.8 Å². The van der Waals surface area contributed by atoms with Crippen LogP contribution in [0.25, 0.3) is 0 Å². The molecule has 1 aliphatic carbocycles. The molecule has 18 heavy (non-hydrogen) atoms. The normalized spacial score (nSPS) is 14.4. The number of fused-ring (bicyclic) bond motifs is 1. The van der Waals surface area contributed by atoms with E-state index in [1.165, 1.54) is 30.4 Å². The predicted octanol–water partition coefficient (Wildman–Crippen LogP) is 3.48. The highest BCUT2D eigenvalue weighted by Crippen LogP contribution is 2.22. The molecule has 0 atom stereocenters. The Hall–Kier alpha value is -1.31. The summed E-state index contributed by atoms with van der Waals surface area (Å²) in [4.78, 5) is 12.1. The maximum absolute atomic E-state index is 12.1. The number of carbonyl (C=O) groups is 1. The van der Waals surface area contributed by atoms with Gasteiger partial charge in [0.1, 0.15) is 0 Å². The van der Waals surface area contributed by atoms with Gasteiger partial charge in [-0.05, 0) is 61.8 Å². The van der Waals surface area contributed by atoms with Crippen molar-refractivity contribution >= 4 is 5.91 Å². The van der Waals surface area contributed by atoms with Crippen molar-refractivity contribution in [2.45, 2.75) is 58.4 Å². The summed E-state index contributed by atoms with van der Waals surface area (Å²) >= 11 is 0. The molecule has 0 bridgehead atoms. The van der Waals surface area contributed by atoms with E-state index in [0.717, 1.165) is 24.8 Å². The fourth-order valence-corrected chi connectivity index (χ4v) is 2.64. The number of nitrogens with one attached hydrogen (secondary N) is 1. The van der Waals surface area contributed by atoms with Crippen molar-refractivity contribution in [2.24, 2.45) is 0 Å². The van der Waals surface area contributed by atoms with Gasteiger partial charge in [0.25, 0.3) is 5.91 Å². The van der Waals surface area contributed by atoms with Gasteiger partial charge in [0.05, 0.1) is 0 Å². The Kier molecular flexibility index (Phi) is 4.40. The summed E-state index contributed by atoms with van der Waals surface area (Å²) in [5.74, 6) is 0.0806. The van der Waals surface area contributed by atoms with Crippen LogP contribution in [0.3, 0.4) is 0 Å². The highest BCUT2D eigenvalue weighted by atomic mass is 16.1. The van der Waals surface area contributed by atoms with Crippen molar-refractivity contribution in [1.29, 1.82) is 0 Å². The molecule has 0 unspecified atom stereocenters. The number of amides is 1. The quantitative estimate of drug-likeness (QED) is 0.864. The Morgan fingerprint density at radius 3 is 2.50 bits per heavy atom. The molecule has 0 heterocycles. The number of hydrogen-bond acceptors (Lipinski definition) is 1. The van der Waals surface area contributed by atoms with Crippen molar-refractivity contribution in [1.82, 2.24) is 5.32 Å². The molecule has 1 N–H and O–H groups in total. The van der Waals surface area contributed by atoms with Gasteiger partial charge in [-0.2, -0.15) is 0 Å². The second kappa shape index (κ2) is 6.03. The molecule has 1 amide bonds. The summed E-state index contributed by atoms with van der Waals surface area (Å²) in [5.41, 5.74) is 3.63. The second-order valence-corrected chi connectivity index (χ2v) is 5.18. The largest absolute Gasteiger partial charge is 0.349 e. The fourth-order valence-electron chi connectivity index (χ4n) is 2.64. The molecule has 1 aliphatic rings. The van der Waals surface area contributed by atoms with Gasteiger partial charge < -0.3 is 5.32 Å². The molecule has 0 aromatic heterocycles. The van der Waals surface area contributed by atoms with Crippen LogP contribution in [0.15, 0.2) is 18.2 Å². The average molecular weight is 245 g/mol. The Bertz CT molecular complexity index is 421. The van der Waals surface area contributed by atoms with Crippen LogP contribution in [-0.4, -0.2) is 11.9 Å². The zero-order chi connectivity index (χ0) is 13.0. The third kappa shape index (κ3) is 2.92. The lowest BCUT2D eigenvalue weighted by molar-refractivity contribution is 0.0934. The zero-order valence-corrected chi connectivity index (χ0v) is 11.5. The van der Waals surface area contributed by atoms with Crippen molar-refractivity contribution in [2.75, 3.05) is 0 Å². The lowest BCUT2D eigenvalue weighted by Gasteiger charge is -2.18. The minimum atomic E-state index is 0.0806. The highest BCUT2D eigenvalue weighted by Gasteiger charge is 2.14. The van der Waals surface area contributed by atoms with E-state index in [-0.39, 0.29) is 5.91 Å². The minimum absolute atomic E-state index is 0.0806. The first-order valence-electron chi connectivity index (χ1n) is 7.17. The smallest absolute Gasteiger partial charge is 0.251 e. The van der Waals surface area contributed by atoms with E-state index in [9.17, 15) is 4.79 Å². The molecule has 2 heteroatoms. The second-order valence-electron chi connectivity index (χ2n) is 5.18. The van der Waals surface area contributed by atoms with Gasteiger partial charge in [-0.3, -0.25) is 4.79 Å². The van der Waals surface area contributed by atoms with Crippen LogP contribution in [0.5, 0.6) is 0 Å². The van der Waals surface area contributed by atoms with Crippen LogP contribution in [0, 0.1) is 0 Å². The summed E-state index contributed by atoms with van der Waals surface area (Å²) in [6.45, 7) is 4.22. The molecule has 0 aliphatic heterocycles. The molecule has 0 saturated heterocycles. The first-order valence-corrected chi connectivity index (χ1v) is 7.17. The van der Waals surface area contributed by atoms with Gasteiger partial charge in [-0.1, -0.05) is 19.9 Å². The number of rotatable bonds is 4. The zero-order valence-electron chi connectivity index (χ0n) is 11.5. The van der Waals surface area contributed by atoms with Crippen molar-refractivity contribution in [3.05, 3.63) is 34.9 Å². The standard InChI is InChI=1S/C16H23NO/c1-3-15(4-2)17-16(18)14-10-9-12-7-5-6-8-13(12)11-14/h9-11,15H,3-8H2,1-2H3,(H,17,18). The van der Waals surface area contributed by atoms with E-state index in [1.807, 2.05) is 6.07 Å². The van der Waals surface area contributed by atoms with Crippen molar-refractivity contribution in [3.63, 3.8) is 0 Å². The van der Waals surface area contributed by atoms with E-state index >= 15 is 0 Å². The van der Waals surface area contributed by atoms with E-state index < -0.39 is 0 Å². The molecule has 1 aromatic carbocycles. The molecule has 0 fully saturated rings. The molecule has 0 saturated carbocycles. The maximum atomic E-state index is 12.1. The van der Waals surface area contributed by atoms with Crippen LogP contribution in [0.1, 0.15) is 61.0 Å². The molecule has 2 nitrogen and oxygen atoms in total. The SMILES string of the molecule is CCC(CC)NC(=O)c1ccc2c(c1)CCCC2. The number of hydrogen-bond donors (Lipinski definition) is 1. The van der Waals surface area contributed by atoms with Gasteiger partial charge >= 0.3 is 0 Å².